The van der Waals surface area contributed by atoms with Gasteiger partial charge in [-0.25, -0.2) is 0 Å². The molecular weight excluding hydrogens is 196 g/mol. The molecule has 1 saturated heterocycles. The molecule has 1 aromatic rings. The zero-order valence-electron chi connectivity index (χ0n) is 10.0. The Balaban J connectivity index is 2.40. The summed E-state index contributed by atoms with van der Waals surface area (Å²) in [4.78, 5) is 0. The SMILES string of the molecule is Cc1ccc(C2(C#N)CCNCC2)cc1C. The Bertz CT molecular complexity index is 423. The van der Waals surface area contributed by atoms with E-state index in [0.29, 0.717) is 0 Å². The predicted octanol–water partition coefficient (Wildman–Crippen LogP) is 2.45. The molecule has 1 heterocycles. The Kier molecular flexibility index (Phi) is 2.98. The van der Waals surface area contributed by atoms with Crippen molar-refractivity contribution < 1.29 is 0 Å². The minimum absolute atomic E-state index is 0.260. The lowest BCUT2D eigenvalue weighted by Crippen LogP contribution is -2.38. The molecule has 0 aromatic heterocycles. The maximum absolute atomic E-state index is 9.48. The Hall–Kier alpha value is -1.33. The van der Waals surface area contributed by atoms with Crippen molar-refractivity contribution in [2.45, 2.75) is 32.1 Å². The number of hydrogen-bond donors (Lipinski definition) is 1. The molecule has 1 aromatic carbocycles. The molecule has 0 atom stereocenters. The average molecular weight is 214 g/mol. The summed E-state index contributed by atoms with van der Waals surface area (Å²) in [6, 6.07) is 8.98. The zero-order valence-corrected chi connectivity index (χ0v) is 10.0. The summed E-state index contributed by atoms with van der Waals surface area (Å²) < 4.78 is 0. The molecule has 1 fully saturated rings. The monoisotopic (exact) mass is 214 g/mol. The number of hydrogen-bond acceptors (Lipinski definition) is 2. The van der Waals surface area contributed by atoms with Crippen LogP contribution < -0.4 is 5.32 Å². The van der Waals surface area contributed by atoms with Gasteiger partial charge in [0.2, 0.25) is 0 Å². The fourth-order valence-electron chi connectivity index (χ4n) is 2.36. The van der Waals surface area contributed by atoms with Crippen LogP contribution in [-0.4, -0.2) is 13.1 Å². The first-order chi connectivity index (χ1) is 7.68. The summed E-state index contributed by atoms with van der Waals surface area (Å²) in [6.07, 6.45) is 1.85. The summed E-state index contributed by atoms with van der Waals surface area (Å²) in [5, 5.41) is 12.8. The van der Waals surface area contributed by atoms with Crippen molar-refractivity contribution in [1.82, 2.24) is 5.32 Å². The fourth-order valence-corrected chi connectivity index (χ4v) is 2.36. The molecule has 0 amide bonds. The molecule has 1 N–H and O–H groups in total. The van der Waals surface area contributed by atoms with Gasteiger partial charge in [-0.2, -0.15) is 5.26 Å². The largest absolute Gasteiger partial charge is 0.317 e. The van der Waals surface area contributed by atoms with Gasteiger partial charge in [0.25, 0.3) is 0 Å². The van der Waals surface area contributed by atoms with Crippen LogP contribution >= 0.6 is 0 Å². The highest BCUT2D eigenvalue weighted by Crippen LogP contribution is 2.33. The molecule has 0 spiro atoms. The second-order valence-electron chi connectivity index (χ2n) is 4.74. The molecule has 0 unspecified atom stereocenters. The van der Waals surface area contributed by atoms with Gasteiger partial charge in [-0.05, 0) is 56.5 Å². The second-order valence-corrected chi connectivity index (χ2v) is 4.74. The normalized spacial score (nSPS) is 19.1. The number of piperidine rings is 1. The van der Waals surface area contributed by atoms with Gasteiger partial charge in [-0.15, -0.1) is 0 Å². The van der Waals surface area contributed by atoms with Crippen LogP contribution in [-0.2, 0) is 5.41 Å². The number of nitrogens with one attached hydrogen (secondary N) is 1. The lowest BCUT2D eigenvalue weighted by molar-refractivity contribution is 0.382. The molecule has 0 aliphatic carbocycles. The van der Waals surface area contributed by atoms with Crippen LogP contribution in [0.3, 0.4) is 0 Å². The highest BCUT2D eigenvalue weighted by Gasteiger charge is 2.33. The molecule has 2 heteroatoms. The van der Waals surface area contributed by atoms with E-state index in [9.17, 15) is 5.26 Å². The van der Waals surface area contributed by atoms with E-state index in [0.717, 1.165) is 25.9 Å². The molecule has 16 heavy (non-hydrogen) atoms. The van der Waals surface area contributed by atoms with E-state index < -0.39 is 0 Å². The molecule has 0 bridgehead atoms. The van der Waals surface area contributed by atoms with Crippen LogP contribution in [0.1, 0.15) is 29.5 Å². The molecular formula is C14H18N2. The van der Waals surface area contributed by atoms with Gasteiger partial charge < -0.3 is 5.32 Å². The highest BCUT2D eigenvalue weighted by atomic mass is 14.9. The first-order valence-corrected chi connectivity index (χ1v) is 5.88. The third-order valence-electron chi connectivity index (χ3n) is 3.73. The van der Waals surface area contributed by atoms with E-state index in [-0.39, 0.29) is 5.41 Å². The number of rotatable bonds is 1. The van der Waals surface area contributed by atoms with Gasteiger partial charge in [-0.1, -0.05) is 18.2 Å². The standard InChI is InChI=1S/C14H18N2/c1-11-3-4-13(9-12(11)2)14(10-15)5-7-16-8-6-14/h3-4,9,16H,5-8H2,1-2H3. The maximum atomic E-state index is 9.48. The van der Waals surface area contributed by atoms with E-state index in [1.54, 1.807) is 0 Å². The van der Waals surface area contributed by atoms with Gasteiger partial charge >= 0.3 is 0 Å². The quantitative estimate of drug-likeness (QED) is 0.779. The molecule has 0 radical (unpaired) electrons. The van der Waals surface area contributed by atoms with E-state index in [1.807, 2.05) is 0 Å². The highest BCUT2D eigenvalue weighted by molar-refractivity contribution is 5.39. The summed E-state index contributed by atoms with van der Waals surface area (Å²) in [5.41, 5.74) is 3.51. The maximum Gasteiger partial charge on any atom is 0.0846 e. The van der Waals surface area contributed by atoms with E-state index in [2.05, 4.69) is 43.4 Å². The van der Waals surface area contributed by atoms with Crippen molar-refractivity contribution in [2.24, 2.45) is 0 Å². The topological polar surface area (TPSA) is 35.8 Å². The van der Waals surface area contributed by atoms with Crippen molar-refractivity contribution in [2.75, 3.05) is 13.1 Å². The van der Waals surface area contributed by atoms with Crippen molar-refractivity contribution in [3.8, 4) is 6.07 Å². The molecule has 2 nitrogen and oxygen atoms in total. The number of aryl methyl sites for hydroxylation is 2. The minimum atomic E-state index is -0.260. The minimum Gasteiger partial charge on any atom is -0.317 e. The molecule has 1 aliphatic heterocycles. The fraction of sp³-hybridized carbons (Fsp3) is 0.500. The van der Waals surface area contributed by atoms with Crippen molar-refractivity contribution in [3.05, 3.63) is 34.9 Å². The van der Waals surface area contributed by atoms with Crippen molar-refractivity contribution in [1.29, 1.82) is 5.26 Å². The van der Waals surface area contributed by atoms with Crippen LogP contribution in [0, 0.1) is 25.2 Å². The smallest absolute Gasteiger partial charge is 0.0846 e. The van der Waals surface area contributed by atoms with Gasteiger partial charge in [0, 0.05) is 0 Å². The first kappa shape index (κ1) is 11.2. The third-order valence-corrected chi connectivity index (χ3v) is 3.73. The van der Waals surface area contributed by atoms with Crippen LogP contribution in [0.2, 0.25) is 0 Å². The summed E-state index contributed by atoms with van der Waals surface area (Å²) in [7, 11) is 0. The third kappa shape index (κ3) is 1.83. The molecule has 84 valence electrons. The summed E-state index contributed by atoms with van der Waals surface area (Å²) >= 11 is 0. The Morgan fingerprint density at radius 2 is 1.88 bits per heavy atom. The molecule has 0 saturated carbocycles. The number of nitrogens with zero attached hydrogens (tertiary/aromatic N) is 1. The van der Waals surface area contributed by atoms with Gasteiger partial charge in [0.1, 0.15) is 0 Å². The van der Waals surface area contributed by atoms with Gasteiger partial charge in [0.15, 0.2) is 0 Å². The van der Waals surface area contributed by atoms with E-state index in [1.165, 1.54) is 16.7 Å². The average Bonchev–Trinajstić information content (AvgIpc) is 2.33. The van der Waals surface area contributed by atoms with E-state index >= 15 is 0 Å². The zero-order chi connectivity index (χ0) is 11.6. The molecule has 2 rings (SSSR count). The van der Waals surface area contributed by atoms with Crippen LogP contribution in [0.15, 0.2) is 18.2 Å². The summed E-state index contributed by atoms with van der Waals surface area (Å²) in [5.74, 6) is 0. The van der Waals surface area contributed by atoms with E-state index in [4.69, 9.17) is 0 Å². The lowest BCUT2D eigenvalue weighted by Gasteiger charge is -2.32. The Morgan fingerprint density at radius 3 is 2.44 bits per heavy atom. The van der Waals surface area contributed by atoms with Gasteiger partial charge in [0.05, 0.1) is 11.5 Å². The first-order valence-electron chi connectivity index (χ1n) is 5.88. The lowest BCUT2D eigenvalue weighted by atomic mass is 9.74. The van der Waals surface area contributed by atoms with Crippen LogP contribution in [0.4, 0.5) is 0 Å². The van der Waals surface area contributed by atoms with Gasteiger partial charge in [-0.3, -0.25) is 0 Å². The van der Waals surface area contributed by atoms with Crippen molar-refractivity contribution >= 4 is 0 Å². The second kappa shape index (κ2) is 4.27. The number of benzene rings is 1. The van der Waals surface area contributed by atoms with Crippen LogP contribution in [0.25, 0.3) is 0 Å². The molecule has 1 aliphatic rings. The Morgan fingerprint density at radius 1 is 1.19 bits per heavy atom. The Labute approximate surface area is 97.3 Å². The summed E-state index contributed by atoms with van der Waals surface area (Å²) in [6.45, 7) is 6.12. The van der Waals surface area contributed by atoms with Crippen molar-refractivity contribution in [3.63, 3.8) is 0 Å². The predicted molar refractivity (Wildman–Crippen MR) is 65.3 cm³/mol. The number of nitriles is 1. The van der Waals surface area contributed by atoms with Crippen LogP contribution in [0.5, 0.6) is 0 Å².